The van der Waals surface area contributed by atoms with Crippen molar-refractivity contribution in [2.45, 2.75) is 0 Å². The Bertz CT molecular complexity index is 1660. The minimum atomic E-state index is -1.21. The van der Waals surface area contributed by atoms with Gasteiger partial charge in [0.25, 0.3) is 0 Å². The van der Waals surface area contributed by atoms with Crippen LogP contribution in [0.15, 0.2) is 60.7 Å². The Kier molecular flexibility index (Phi) is 7.73. The molecule has 0 bridgehead atoms. The van der Waals surface area contributed by atoms with E-state index in [1.54, 1.807) is 0 Å². The van der Waals surface area contributed by atoms with Crippen LogP contribution in [0.3, 0.4) is 0 Å². The van der Waals surface area contributed by atoms with E-state index < -0.39 is 68.8 Å². The van der Waals surface area contributed by atoms with Gasteiger partial charge in [-0.15, -0.1) is 0 Å². The molecule has 42 heavy (non-hydrogen) atoms. The third kappa shape index (κ3) is 5.23. The van der Waals surface area contributed by atoms with Crippen LogP contribution in [0.5, 0.6) is 46.0 Å². The van der Waals surface area contributed by atoms with Crippen molar-refractivity contribution < 1.29 is 59.3 Å². The van der Waals surface area contributed by atoms with E-state index in [-0.39, 0.29) is 33.8 Å². The van der Waals surface area contributed by atoms with Gasteiger partial charge < -0.3 is 40.1 Å². The summed E-state index contributed by atoms with van der Waals surface area (Å²) in [7, 11) is 2.41. The number of ether oxygens (including phenoxy) is 2. The molecule has 0 aliphatic carbocycles. The number of hydrogen-bond acceptors (Lipinski definition) is 12. The fourth-order valence-corrected chi connectivity index (χ4v) is 4.12. The lowest BCUT2D eigenvalue weighted by molar-refractivity contribution is 0.0815. The smallest absolute Gasteiger partial charge is 0.234 e. The van der Waals surface area contributed by atoms with E-state index in [4.69, 9.17) is 9.47 Å². The molecule has 0 aromatic heterocycles. The van der Waals surface area contributed by atoms with E-state index in [1.807, 2.05) is 0 Å². The molecule has 0 saturated heterocycles. The summed E-state index contributed by atoms with van der Waals surface area (Å²) in [5.74, 6) is -8.63. The molecule has 214 valence electrons. The predicted molar refractivity (Wildman–Crippen MR) is 145 cm³/mol. The Labute approximate surface area is 236 Å². The van der Waals surface area contributed by atoms with Gasteiger partial charge in [0.2, 0.25) is 23.1 Å². The number of benzene rings is 4. The van der Waals surface area contributed by atoms with Crippen molar-refractivity contribution in [1.82, 2.24) is 0 Å². The van der Waals surface area contributed by atoms with E-state index in [1.165, 1.54) is 14.2 Å². The van der Waals surface area contributed by atoms with Crippen LogP contribution in [0.1, 0.15) is 41.4 Å². The molecule has 12 nitrogen and oxygen atoms in total. The molecule has 0 spiro atoms. The summed E-state index contributed by atoms with van der Waals surface area (Å²) in [6.45, 7) is 0. The predicted octanol–water partition coefficient (Wildman–Crippen LogP) is 3.74. The number of carbonyl (C=O) groups excluding carboxylic acids is 4. The minimum Gasteiger partial charge on any atom is -0.504 e. The topological polar surface area (TPSA) is 208 Å². The minimum absolute atomic E-state index is 0.184. The van der Waals surface area contributed by atoms with E-state index in [2.05, 4.69) is 0 Å². The van der Waals surface area contributed by atoms with Gasteiger partial charge in [-0.3, -0.25) is 19.2 Å². The van der Waals surface area contributed by atoms with Crippen molar-refractivity contribution in [2.24, 2.45) is 0 Å². The number of ketones is 4. The van der Waals surface area contributed by atoms with Gasteiger partial charge in [0, 0.05) is 22.3 Å². The molecule has 0 heterocycles. The zero-order chi connectivity index (χ0) is 30.9. The Hall–Kier alpha value is -6.04. The third-order valence-corrected chi connectivity index (χ3v) is 6.31. The molecular formula is C30H22O12. The lowest BCUT2D eigenvalue weighted by Crippen LogP contribution is -2.18. The van der Waals surface area contributed by atoms with Crippen LogP contribution >= 0.6 is 0 Å². The van der Waals surface area contributed by atoms with E-state index in [0.717, 1.165) is 60.7 Å². The number of aromatic hydroxyl groups is 6. The second-order valence-electron chi connectivity index (χ2n) is 8.86. The Balaban J connectivity index is 1.95. The summed E-state index contributed by atoms with van der Waals surface area (Å²) in [5.41, 5.74) is -1.90. The van der Waals surface area contributed by atoms with Crippen molar-refractivity contribution in [2.75, 3.05) is 14.2 Å². The molecule has 6 N–H and O–H groups in total. The first-order chi connectivity index (χ1) is 19.9. The van der Waals surface area contributed by atoms with Gasteiger partial charge >= 0.3 is 0 Å². The molecule has 0 aliphatic rings. The van der Waals surface area contributed by atoms with Crippen LogP contribution in [0.4, 0.5) is 0 Å². The second kappa shape index (κ2) is 11.2. The molecule has 0 saturated carbocycles. The lowest BCUT2D eigenvalue weighted by Gasteiger charge is -2.17. The molecule has 0 atom stereocenters. The number of methoxy groups -OCH3 is 2. The summed E-state index contributed by atoms with van der Waals surface area (Å²) in [6, 6.07) is 9.96. The SMILES string of the molecule is COc1cc(-c2cc(OC)c(O)cc2C(=O)C(=O)c2ccc(O)c(O)c2)c(C(=O)C(=O)c2ccc(O)c(O)c2)cc1O. The van der Waals surface area contributed by atoms with Gasteiger partial charge in [-0.2, -0.15) is 0 Å². The van der Waals surface area contributed by atoms with E-state index in [0.29, 0.717) is 0 Å². The molecule has 4 aromatic carbocycles. The Morgan fingerprint density at radius 2 is 0.810 bits per heavy atom. The normalized spacial score (nSPS) is 10.6. The molecule has 0 aliphatic heterocycles. The Morgan fingerprint density at radius 3 is 1.12 bits per heavy atom. The highest BCUT2D eigenvalue weighted by Crippen LogP contribution is 2.41. The molecule has 0 fully saturated rings. The van der Waals surface area contributed by atoms with Gasteiger partial charge in [0.05, 0.1) is 14.2 Å². The van der Waals surface area contributed by atoms with Crippen LogP contribution < -0.4 is 9.47 Å². The highest BCUT2D eigenvalue weighted by atomic mass is 16.5. The Morgan fingerprint density at radius 1 is 0.452 bits per heavy atom. The quantitative estimate of drug-likeness (QED) is 0.0960. The van der Waals surface area contributed by atoms with Gasteiger partial charge in [-0.1, -0.05) is 0 Å². The number of phenols is 6. The van der Waals surface area contributed by atoms with Crippen molar-refractivity contribution in [1.29, 1.82) is 0 Å². The van der Waals surface area contributed by atoms with Gasteiger partial charge in [-0.05, 0) is 71.8 Å². The van der Waals surface area contributed by atoms with E-state index in [9.17, 15) is 49.8 Å². The monoisotopic (exact) mass is 574 g/mol. The molecule has 0 amide bonds. The summed E-state index contributed by atoms with van der Waals surface area (Å²) >= 11 is 0. The fourth-order valence-electron chi connectivity index (χ4n) is 4.12. The summed E-state index contributed by atoms with van der Waals surface area (Å²) in [4.78, 5) is 53.2. The van der Waals surface area contributed by atoms with Crippen molar-refractivity contribution in [3.63, 3.8) is 0 Å². The number of Topliss-reactive ketones (excluding diaryl/α,β-unsaturated/α-hetero) is 4. The van der Waals surface area contributed by atoms with Crippen molar-refractivity contribution in [3.05, 3.63) is 82.9 Å². The third-order valence-electron chi connectivity index (χ3n) is 6.31. The summed E-state index contributed by atoms with van der Waals surface area (Å²) in [6.07, 6.45) is 0. The fraction of sp³-hybridized carbons (Fsp3) is 0.0667. The molecule has 4 rings (SSSR count). The highest BCUT2D eigenvalue weighted by molar-refractivity contribution is 6.52. The largest absolute Gasteiger partial charge is 0.504 e. The first-order valence-electron chi connectivity index (χ1n) is 11.9. The van der Waals surface area contributed by atoms with Crippen LogP contribution in [-0.2, 0) is 0 Å². The molecule has 4 aromatic rings. The average Bonchev–Trinajstić information content (AvgIpc) is 2.98. The van der Waals surface area contributed by atoms with Crippen molar-refractivity contribution in [3.8, 4) is 57.1 Å². The maximum absolute atomic E-state index is 13.5. The number of hydrogen-bond donors (Lipinski definition) is 6. The molecule has 0 unspecified atom stereocenters. The number of rotatable bonds is 9. The van der Waals surface area contributed by atoms with Crippen LogP contribution in [0.2, 0.25) is 0 Å². The molecule has 0 radical (unpaired) electrons. The first-order valence-corrected chi connectivity index (χ1v) is 11.9. The molecule has 12 heteroatoms. The number of carbonyl (C=O) groups is 4. The van der Waals surface area contributed by atoms with Gasteiger partial charge in [-0.25, -0.2) is 0 Å². The maximum Gasteiger partial charge on any atom is 0.234 e. The van der Waals surface area contributed by atoms with Crippen molar-refractivity contribution >= 4 is 23.1 Å². The molecular weight excluding hydrogens is 552 g/mol. The zero-order valence-corrected chi connectivity index (χ0v) is 21.9. The van der Waals surface area contributed by atoms with Gasteiger partial charge in [0.15, 0.2) is 46.0 Å². The van der Waals surface area contributed by atoms with Crippen LogP contribution in [-0.4, -0.2) is 68.0 Å². The summed E-state index contributed by atoms with van der Waals surface area (Å²) in [5, 5.41) is 59.7. The lowest BCUT2D eigenvalue weighted by atomic mass is 9.87. The second-order valence-corrected chi connectivity index (χ2v) is 8.86. The average molecular weight is 574 g/mol. The zero-order valence-electron chi connectivity index (χ0n) is 21.9. The first kappa shape index (κ1) is 29.0. The van der Waals surface area contributed by atoms with Crippen LogP contribution in [0.25, 0.3) is 11.1 Å². The van der Waals surface area contributed by atoms with Gasteiger partial charge in [0.1, 0.15) is 0 Å². The summed E-state index contributed by atoms with van der Waals surface area (Å²) < 4.78 is 10.3. The highest BCUT2D eigenvalue weighted by Gasteiger charge is 2.30. The number of phenolic OH excluding ortho intramolecular Hbond substituents is 6. The van der Waals surface area contributed by atoms with E-state index >= 15 is 0 Å². The standard InChI is InChI=1S/C30H22O12/c1-41-25-11-15(17(9-23(25)35)29(39)27(37)13-3-5-19(31)21(33)7-13)16-12-26(42-2)24(36)10-18(16)30(40)28(38)14-4-6-20(32)22(34)8-14/h3-12,31-36H,1-2H3. The maximum atomic E-state index is 13.5. The van der Waals surface area contributed by atoms with Crippen LogP contribution in [0, 0.1) is 0 Å².